The average Bonchev–Trinajstić information content (AvgIpc) is 2.63. The number of benzene rings is 1. The van der Waals surface area contributed by atoms with Crippen LogP contribution in [0.1, 0.15) is 23.5 Å². The van der Waals surface area contributed by atoms with Gasteiger partial charge in [-0.05, 0) is 11.1 Å². The van der Waals surface area contributed by atoms with Gasteiger partial charge in [-0.25, -0.2) is 0 Å². The minimum absolute atomic E-state index is 0.00106. The summed E-state index contributed by atoms with van der Waals surface area (Å²) in [5.74, 6) is 0.118. The van der Waals surface area contributed by atoms with E-state index in [0.717, 1.165) is 6.42 Å². The Morgan fingerprint density at radius 3 is 3.00 bits per heavy atom. The van der Waals surface area contributed by atoms with E-state index in [-0.39, 0.29) is 17.4 Å². The molecular formula is C13H12N2O. The van der Waals surface area contributed by atoms with Crippen molar-refractivity contribution in [3.8, 4) is 0 Å². The molecule has 1 amide bonds. The van der Waals surface area contributed by atoms with Crippen LogP contribution in [0.3, 0.4) is 0 Å². The minimum atomic E-state index is -0.680. The van der Waals surface area contributed by atoms with Crippen molar-refractivity contribution in [2.75, 3.05) is 0 Å². The van der Waals surface area contributed by atoms with E-state index in [0.29, 0.717) is 0 Å². The molecule has 1 spiro atoms. The Morgan fingerprint density at radius 1 is 1.38 bits per heavy atom. The first-order valence-electron chi connectivity index (χ1n) is 5.55. The molecule has 2 heterocycles. The van der Waals surface area contributed by atoms with E-state index in [2.05, 4.69) is 29.6 Å². The Kier molecular flexibility index (Phi) is 1.19. The Bertz CT molecular complexity index is 551. The summed E-state index contributed by atoms with van der Waals surface area (Å²) in [7, 11) is 0. The zero-order valence-electron chi connectivity index (χ0n) is 8.73. The molecule has 2 bridgehead atoms. The lowest BCUT2D eigenvalue weighted by Gasteiger charge is -2.51. The number of nitrogens with two attached hydrogens (primary N) is 1. The zero-order valence-corrected chi connectivity index (χ0v) is 8.73. The maximum absolute atomic E-state index is 11.8. The van der Waals surface area contributed by atoms with Crippen LogP contribution in [0.5, 0.6) is 0 Å². The van der Waals surface area contributed by atoms with Crippen molar-refractivity contribution in [1.82, 2.24) is 5.32 Å². The molecule has 2 aliphatic carbocycles. The van der Waals surface area contributed by atoms with Gasteiger partial charge in [-0.2, -0.15) is 0 Å². The van der Waals surface area contributed by atoms with Crippen LogP contribution >= 0.6 is 0 Å². The summed E-state index contributed by atoms with van der Waals surface area (Å²) >= 11 is 0. The van der Waals surface area contributed by atoms with Gasteiger partial charge >= 0.3 is 0 Å². The van der Waals surface area contributed by atoms with Gasteiger partial charge in [0.1, 0.15) is 5.54 Å². The largest absolute Gasteiger partial charge is 0.345 e. The lowest BCUT2D eigenvalue weighted by Crippen LogP contribution is -2.64. The predicted octanol–water partition coefficient (Wildman–Crippen LogP) is 0.767. The summed E-state index contributed by atoms with van der Waals surface area (Å²) in [5.41, 5.74) is 7.73. The Labute approximate surface area is 93.3 Å². The third kappa shape index (κ3) is 0.686. The molecule has 2 saturated heterocycles. The van der Waals surface area contributed by atoms with Crippen LogP contribution in [-0.4, -0.2) is 17.0 Å². The maximum Gasteiger partial charge on any atom is 0.241 e. The van der Waals surface area contributed by atoms with E-state index in [1.165, 1.54) is 11.1 Å². The SMILES string of the molecule is NC12CC3(C=Cc4ccccc4C31)NC2=O. The molecule has 0 radical (unpaired) electrons. The molecule has 0 aromatic heterocycles. The second-order valence-corrected chi connectivity index (χ2v) is 5.11. The normalized spacial score (nSPS) is 42.1. The van der Waals surface area contributed by atoms with Gasteiger partial charge in [0.2, 0.25) is 5.91 Å². The summed E-state index contributed by atoms with van der Waals surface area (Å²) in [6.45, 7) is 0. The van der Waals surface area contributed by atoms with E-state index in [9.17, 15) is 4.79 Å². The molecule has 3 N–H and O–H groups in total. The first-order chi connectivity index (χ1) is 7.66. The number of hydrogen-bond acceptors (Lipinski definition) is 2. The van der Waals surface area contributed by atoms with Gasteiger partial charge in [-0.3, -0.25) is 4.79 Å². The third-order valence-corrected chi connectivity index (χ3v) is 4.25. The molecule has 4 aliphatic rings. The smallest absolute Gasteiger partial charge is 0.241 e. The third-order valence-electron chi connectivity index (χ3n) is 4.25. The Hall–Kier alpha value is -1.61. The summed E-state index contributed by atoms with van der Waals surface area (Å²) < 4.78 is 0. The van der Waals surface area contributed by atoms with E-state index >= 15 is 0 Å². The number of fused-ring (bicyclic) bond motifs is 2. The van der Waals surface area contributed by atoms with E-state index < -0.39 is 5.54 Å². The van der Waals surface area contributed by atoms with Crippen LogP contribution in [0.2, 0.25) is 0 Å². The highest BCUT2D eigenvalue weighted by molar-refractivity contribution is 5.98. The first-order valence-corrected chi connectivity index (χ1v) is 5.55. The van der Waals surface area contributed by atoms with Crippen molar-refractivity contribution in [3.05, 3.63) is 41.5 Å². The van der Waals surface area contributed by atoms with Crippen molar-refractivity contribution < 1.29 is 4.79 Å². The molecule has 3 fully saturated rings. The van der Waals surface area contributed by atoms with Crippen molar-refractivity contribution >= 4 is 12.0 Å². The second-order valence-electron chi connectivity index (χ2n) is 5.11. The molecule has 80 valence electrons. The molecular weight excluding hydrogens is 200 g/mol. The van der Waals surface area contributed by atoms with Gasteiger partial charge in [0.25, 0.3) is 0 Å². The van der Waals surface area contributed by atoms with Crippen LogP contribution in [0.15, 0.2) is 30.3 Å². The molecule has 1 saturated carbocycles. The fourth-order valence-corrected chi connectivity index (χ4v) is 3.59. The molecule has 5 rings (SSSR count). The lowest BCUT2D eigenvalue weighted by molar-refractivity contribution is -0.122. The second kappa shape index (κ2) is 2.23. The van der Waals surface area contributed by atoms with E-state index in [4.69, 9.17) is 5.73 Å². The monoisotopic (exact) mass is 212 g/mol. The van der Waals surface area contributed by atoms with Crippen LogP contribution in [0, 0.1) is 0 Å². The zero-order chi connectivity index (χ0) is 11.0. The van der Waals surface area contributed by atoms with Gasteiger partial charge in [0.15, 0.2) is 0 Å². The average molecular weight is 212 g/mol. The first kappa shape index (κ1) is 8.53. The molecule has 3 unspecified atom stereocenters. The quantitative estimate of drug-likeness (QED) is 0.667. The van der Waals surface area contributed by atoms with E-state index in [1.54, 1.807) is 0 Å². The number of carbonyl (C=O) groups excluding carboxylic acids is 1. The summed E-state index contributed by atoms with van der Waals surface area (Å²) in [5, 5.41) is 3.04. The molecule has 3 heteroatoms. The van der Waals surface area contributed by atoms with Gasteiger partial charge in [-0.1, -0.05) is 36.4 Å². The van der Waals surface area contributed by atoms with E-state index in [1.807, 2.05) is 12.1 Å². The number of hydrogen-bond donors (Lipinski definition) is 2. The highest BCUT2D eigenvalue weighted by Gasteiger charge is 2.72. The van der Waals surface area contributed by atoms with Crippen LogP contribution < -0.4 is 11.1 Å². The van der Waals surface area contributed by atoms with Gasteiger partial charge in [-0.15, -0.1) is 0 Å². The minimum Gasteiger partial charge on any atom is -0.345 e. The Morgan fingerprint density at radius 2 is 2.19 bits per heavy atom. The lowest BCUT2D eigenvalue weighted by atomic mass is 9.54. The highest BCUT2D eigenvalue weighted by Crippen LogP contribution is 2.60. The van der Waals surface area contributed by atoms with Crippen molar-refractivity contribution in [2.45, 2.75) is 23.4 Å². The Balaban J connectivity index is 1.98. The summed E-state index contributed by atoms with van der Waals surface area (Å²) in [6.07, 6.45) is 4.93. The predicted molar refractivity (Wildman–Crippen MR) is 60.6 cm³/mol. The fraction of sp³-hybridized carbons (Fsp3) is 0.308. The molecule has 3 atom stereocenters. The number of rotatable bonds is 0. The number of carbonyl (C=O) groups is 1. The molecule has 3 nitrogen and oxygen atoms in total. The maximum atomic E-state index is 11.8. The summed E-state index contributed by atoms with van der Waals surface area (Å²) in [4.78, 5) is 11.8. The van der Waals surface area contributed by atoms with Crippen molar-refractivity contribution in [2.24, 2.45) is 5.73 Å². The topological polar surface area (TPSA) is 55.1 Å². The number of amides is 1. The van der Waals surface area contributed by atoms with Gasteiger partial charge in [0, 0.05) is 12.3 Å². The molecule has 16 heavy (non-hydrogen) atoms. The highest BCUT2D eigenvalue weighted by atomic mass is 16.2. The molecule has 1 aromatic carbocycles. The van der Waals surface area contributed by atoms with Crippen molar-refractivity contribution in [3.63, 3.8) is 0 Å². The number of nitrogens with one attached hydrogen (secondary N) is 1. The standard InChI is InChI=1S/C13H12N2O/c14-13-7-12(15-11(13)16)6-5-8-3-1-2-4-9(8)10(12)13/h1-6,10H,7,14H2,(H,15,16). The molecule has 2 aliphatic heterocycles. The fourth-order valence-electron chi connectivity index (χ4n) is 3.59. The van der Waals surface area contributed by atoms with Crippen LogP contribution in [0.4, 0.5) is 0 Å². The summed E-state index contributed by atoms with van der Waals surface area (Å²) in [6, 6.07) is 8.18. The van der Waals surface area contributed by atoms with Crippen molar-refractivity contribution in [1.29, 1.82) is 0 Å². The molecule has 1 aromatic rings. The van der Waals surface area contributed by atoms with Gasteiger partial charge in [0.05, 0.1) is 5.54 Å². The van der Waals surface area contributed by atoms with Crippen LogP contribution in [-0.2, 0) is 4.79 Å². The van der Waals surface area contributed by atoms with Gasteiger partial charge < -0.3 is 11.1 Å². The van der Waals surface area contributed by atoms with Crippen LogP contribution in [0.25, 0.3) is 6.08 Å².